The highest BCUT2D eigenvalue weighted by atomic mass is 16.5. The lowest BCUT2D eigenvalue weighted by atomic mass is 10.0. The van der Waals surface area contributed by atoms with Crippen LogP contribution in [0.2, 0.25) is 0 Å². The van der Waals surface area contributed by atoms with Crippen molar-refractivity contribution in [3.63, 3.8) is 0 Å². The molecule has 122 valence electrons. The third kappa shape index (κ3) is 2.98. The van der Waals surface area contributed by atoms with Crippen LogP contribution in [0.25, 0.3) is 10.8 Å². The first-order valence-electron chi connectivity index (χ1n) is 8.10. The molecular formula is C21H21NO2. The van der Waals surface area contributed by atoms with Crippen LogP contribution in [0, 0.1) is 6.92 Å². The van der Waals surface area contributed by atoms with Crippen LogP contribution in [0.4, 0.5) is 5.69 Å². The third-order valence-electron chi connectivity index (χ3n) is 4.29. The van der Waals surface area contributed by atoms with Crippen LogP contribution < -0.4 is 10.1 Å². The van der Waals surface area contributed by atoms with E-state index in [9.17, 15) is 4.79 Å². The van der Waals surface area contributed by atoms with Gasteiger partial charge in [0.25, 0.3) is 5.91 Å². The number of methoxy groups -OCH3 is 1. The summed E-state index contributed by atoms with van der Waals surface area (Å²) in [5.74, 6) is 0.430. The van der Waals surface area contributed by atoms with Gasteiger partial charge >= 0.3 is 0 Å². The predicted octanol–water partition coefficient (Wildman–Crippen LogP) is 4.97. The summed E-state index contributed by atoms with van der Waals surface area (Å²) < 4.78 is 5.44. The minimum Gasteiger partial charge on any atom is -0.496 e. The van der Waals surface area contributed by atoms with Crippen molar-refractivity contribution >= 4 is 22.4 Å². The highest BCUT2D eigenvalue weighted by Gasteiger charge is 2.16. The number of rotatable bonds is 4. The molecule has 0 radical (unpaired) electrons. The van der Waals surface area contributed by atoms with E-state index in [-0.39, 0.29) is 5.91 Å². The largest absolute Gasteiger partial charge is 0.496 e. The molecule has 1 N–H and O–H groups in total. The van der Waals surface area contributed by atoms with E-state index in [1.54, 1.807) is 7.11 Å². The van der Waals surface area contributed by atoms with Crippen LogP contribution in [-0.4, -0.2) is 13.0 Å². The minimum absolute atomic E-state index is 0.151. The normalized spacial score (nSPS) is 10.6. The van der Waals surface area contributed by atoms with E-state index in [0.29, 0.717) is 11.3 Å². The second-order valence-electron chi connectivity index (χ2n) is 5.82. The van der Waals surface area contributed by atoms with Gasteiger partial charge in [-0.25, -0.2) is 0 Å². The van der Waals surface area contributed by atoms with Gasteiger partial charge in [-0.1, -0.05) is 49.4 Å². The predicted molar refractivity (Wildman–Crippen MR) is 99.0 cm³/mol. The molecule has 24 heavy (non-hydrogen) atoms. The summed E-state index contributed by atoms with van der Waals surface area (Å²) in [7, 11) is 1.59. The number of carbonyl (C=O) groups is 1. The Labute approximate surface area is 142 Å². The SMILES string of the molecule is CCc1cccc(C)c1NC(=O)c1cc2ccccc2cc1OC. The molecule has 0 aromatic heterocycles. The average molecular weight is 319 g/mol. The maximum atomic E-state index is 12.9. The van der Waals surface area contributed by atoms with Crippen LogP contribution >= 0.6 is 0 Å². The fourth-order valence-electron chi connectivity index (χ4n) is 2.95. The van der Waals surface area contributed by atoms with E-state index in [4.69, 9.17) is 4.74 Å². The van der Waals surface area contributed by atoms with Gasteiger partial charge < -0.3 is 10.1 Å². The standard InChI is InChI=1S/C21H21NO2/c1-4-15-11-7-8-14(2)20(15)22-21(23)18-12-16-9-5-6-10-17(16)13-19(18)24-3/h5-13H,4H2,1-3H3,(H,22,23). The number of nitrogens with one attached hydrogen (secondary N) is 1. The molecule has 0 saturated carbocycles. The van der Waals surface area contributed by atoms with E-state index in [2.05, 4.69) is 12.2 Å². The summed E-state index contributed by atoms with van der Waals surface area (Å²) in [6.07, 6.45) is 0.867. The molecule has 3 aromatic rings. The fraction of sp³-hybridized carbons (Fsp3) is 0.190. The molecule has 0 fully saturated rings. The molecule has 0 unspecified atom stereocenters. The molecule has 0 atom stereocenters. The maximum absolute atomic E-state index is 12.9. The number of ether oxygens (including phenoxy) is 1. The highest BCUT2D eigenvalue weighted by Crippen LogP contribution is 2.28. The lowest BCUT2D eigenvalue weighted by Gasteiger charge is -2.15. The number of para-hydroxylation sites is 1. The van der Waals surface area contributed by atoms with Crippen molar-refractivity contribution in [1.82, 2.24) is 0 Å². The van der Waals surface area contributed by atoms with Crippen LogP contribution in [0.5, 0.6) is 5.75 Å². The van der Waals surface area contributed by atoms with E-state index >= 15 is 0 Å². The maximum Gasteiger partial charge on any atom is 0.259 e. The highest BCUT2D eigenvalue weighted by molar-refractivity contribution is 6.09. The van der Waals surface area contributed by atoms with Gasteiger partial charge in [-0.05, 0) is 47.4 Å². The van der Waals surface area contributed by atoms with Gasteiger partial charge in [-0.2, -0.15) is 0 Å². The topological polar surface area (TPSA) is 38.3 Å². The number of aryl methyl sites for hydroxylation is 2. The van der Waals surface area contributed by atoms with E-state index in [0.717, 1.165) is 34.0 Å². The zero-order valence-corrected chi connectivity index (χ0v) is 14.2. The van der Waals surface area contributed by atoms with Crippen LogP contribution in [0.1, 0.15) is 28.4 Å². The quantitative estimate of drug-likeness (QED) is 0.737. The Kier molecular flexibility index (Phi) is 4.52. The van der Waals surface area contributed by atoms with Gasteiger partial charge in [-0.15, -0.1) is 0 Å². The molecule has 0 aliphatic carbocycles. The van der Waals surface area contributed by atoms with Crippen molar-refractivity contribution in [3.05, 3.63) is 71.3 Å². The second-order valence-corrected chi connectivity index (χ2v) is 5.82. The molecule has 3 aromatic carbocycles. The number of amides is 1. The van der Waals surface area contributed by atoms with Gasteiger partial charge in [0.1, 0.15) is 5.75 Å². The third-order valence-corrected chi connectivity index (χ3v) is 4.29. The molecule has 3 nitrogen and oxygen atoms in total. The van der Waals surface area contributed by atoms with Gasteiger partial charge in [0.2, 0.25) is 0 Å². The number of anilines is 1. The van der Waals surface area contributed by atoms with Crippen molar-refractivity contribution in [2.24, 2.45) is 0 Å². The van der Waals surface area contributed by atoms with Crippen molar-refractivity contribution in [3.8, 4) is 5.75 Å². The Balaban J connectivity index is 2.03. The Morgan fingerprint density at radius 3 is 2.42 bits per heavy atom. The minimum atomic E-state index is -0.151. The Bertz CT molecular complexity index is 899. The number of benzene rings is 3. The van der Waals surface area contributed by atoms with Crippen LogP contribution in [0.3, 0.4) is 0 Å². The summed E-state index contributed by atoms with van der Waals surface area (Å²) in [5, 5.41) is 5.14. The van der Waals surface area contributed by atoms with Crippen molar-refractivity contribution < 1.29 is 9.53 Å². The monoisotopic (exact) mass is 319 g/mol. The Morgan fingerprint density at radius 1 is 1.04 bits per heavy atom. The van der Waals surface area contributed by atoms with Crippen molar-refractivity contribution in [2.45, 2.75) is 20.3 Å². The summed E-state index contributed by atoms with van der Waals surface area (Å²) >= 11 is 0. The molecule has 0 saturated heterocycles. The van der Waals surface area contributed by atoms with Gasteiger partial charge in [0, 0.05) is 5.69 Å². The van der Waals surface area contributed by atoms with Gasteiger partial charge in [0.05, 0.1) is 12.7 Å². The van der Waals surface area contributed by atoms with Crippen LogP contribution in [0.15, 0.2) is 54.6 Å². The first-order chi connectivity index (χ1) is 11.6. The van der Waals surface area contributed by atoms with E-state index in [1.807, 2.05) is 61.5 Å². The zero-order valence-electron chi connectivity index (χ0n) is 14.2. The first-order valence-corrected chi connectivity index (χ1v) is 8.10. The van der Waals surface area contributed by atoms with E-state index in [1.165, 1.54) is 0 Å². The lowest BCUT2D eigenvalue weighted by molar-refractivity contribution is 0.102. The summed E-state index contributed by atoms with van der Waals surface area (Å²) in [4.78, 5) is 12.9. The van der Waals surface area contributed by atoms with Crippen molar-refractivity contribution in [2.75, 3.05) is 12.4 Å². The van der Waals surface area contributed by atoms with Gasteiger partial charge in [0.15, 0.2) is 0 Å². The first kappa shape index (κ1) is 16.1. The van der Waals surface area contributed by atoms with Crippen LogP contribution in [-0.2, 0) is 6.42 Å². The number of hydrogen-bond donors (Lipinski definition) is 1. The number of hydrogen-bond acceptors (Lipinski definition) is 2. The molecule has 1 amide bonds. The molecular weight excluding hydrogens is 298 g/mol. The molecule has 0 aliphatic heterocycles. The number of fused-ring (bicyclic) bond motifs is 1. The van der Waals surface area contributed by atoms with Gasteiger partial charge in [-0.3, -0.25) is 4.79 Å². The Morgan fingerprint density at radius 2 is 1.75 bits per heavy atom. The molecule has 0 spiro atoms. The summed E-state index contributed by atoms with van der Waals surface area (Å²) in [6.45, 7) is 4.09. The molecule has 0 heterocycles. The smallest absolute Gasteiger partial charge is 0.259 e. The molecule has 3 rings (SSSR count). The average Bonchev–Trinajstić information content (AvgIpc) is 2.62. The zero-order chi connectivity index (χ0) is 17.1. The lowest BCUT2D eigenvalue weighted by Crippen LogP contribution is -2.15. The Hall–Kier alpha value is -2.81. The second kappa shape index (κ2) is 6.75. The molecule has 0 aliphatic rings. The molecule has 3 heteroatoms. The number of carbonyl (C=O) groups excluding carboxylic acids is 1. The summed E-state index contributed by atoms with van der Waals surface area (Å²) in [6, 6.07) is 17.8. The summed E-state index contributed by atoms with van der Waals surface area (Å²) in [5.41, 5.74) is 3.62. The molecule has 0 bridgehead atoms. The van der Waals surface area contributed by atoms with Crippen molar-refractivity contribution in [1.29, 1.82) is 0 Å². The fourth-order valence-corrected chi connectivity index (χ4v) is 2.95. The van der Waals surface area contributed by atoms with E-state index < -0.39 is 0 Å².